The molecule has 5 nitrogen and oxygen atoms in total. The number of fused-ring (bicyclic) bond motifs is 17. The van der Waals surface area contributed by atoms with Crippen LogP contribution < -0.4 is 0 Å². The van der Waals surface area contributed by atoms with Crippen LogP contribution in [-0.2, 0) is 0 Å². The van der Waals surface area contributed by atoms with E-state index in [1.807, 2.05) is 12.3 Å². The highest BCUT2D eigenvalue weighted by Gasteiger charge is 2.22. The van der Waals surface area contributed by atoms with Gasteiger partial charge in [0.2, 0.25) is 0 Å². The van der Waals surface area contributed by atoms with Crippen LogP contribution in [0, 0.1) is 0 Å². The lowest BCUT2D eigenvalue weighted by Crippen LogP contribution is -1.98. The summed E-state index contributed by atoms with van der Waals surface area (Å²) in [4.78, 5) is 10.1. The maximum Gasteiger partial charge on any atom is 0.146 e. The highest BCUT2D eigenvalue weighted by Crippen LogP contribution is 2.42. The van der Waals surface area contributed by atoms with Crippen molar-refractivity contribution in [1.29, 1.82) is 0 Å². The first-order chi connectivity index (χ1) is 28.3. The van der Waals surface area contributed by atoms with Crippen LogP contribution in [-0.4, -0.2) is 23.5 Å². The Kier molecular flexibility index (Phi) is 6.10. The van der Waals surface area contributed by atoms with E-state index in [1.165, 1.54) is 43.6 Å². The lowest BCUT2D eigenvalue weighted by atomic mass is 9.98. The summed E-state index contributed by atoms with van der Waals surface area (Å²) in [7, 11) is 0. The first-order valence-corrected chi connectivity index (χ1v) is 19.4. The van der Waals surface area contributed by atoms with E-state index in [-0.39, 0.29) is 0 Å². The number of benzene rings is 8. The van der Waals surface area contributed by atoms with Crippen LogP contribution in [0.1, 0.15) is 0 Å². The predicted octanol–water partition coefficient (Wildman–Crippen LogP) is 13.2. The van der Waals surface area contributed by atoms with E-state index >= 15 is 0 Å². The summed E-state index contributed by atoms with van der Waals surface area (Å²) < 4.78 is 7.23. The van der Waals surface area contributed by atoms with Gasteiger partial charge in [-0.15, -0.1) is 0 Å². The van der Waals surface area contributed by atoms with Crippen molar-refractivity contribution in [1.82, 2.24) is 23.5 Å². The van der Waals surface area contributed by atoms with Crippen molar-refractivity contribution >= 4 is 92.9 Å². The maximum atomic E-state index is 5.18. The molecule has 0 atom stereocenters. The number of nitrogens with zero attached hydrogens (tertiary/aromatic N) is 5. The molecule has 0 unspecified atom stereocenters. The fourth-order valence-electron chi connectivity index (χ4n) is 9.58. The van der Waals surface area contributed by atoms with Gasteiger partial charge in [-0.3, -0.25) is 9.38 Å². The summed E-state index contributed by atoms with van der Waals surface area (Å²) in [6.07, 6.45) is 1.89. The zero-order valence-electron chi connectivity index (χ0n) is 30.6. The van der Waals surface area contributed by atoms with E-state index in [4.69, 9.17) is 9.97 Å². The second-order valence-electron chi connectivity index (χ2n) is 15.0. The summed E-state index contributed by atoms with van der Waals surface area (Å²) in [5.41, 5.74) is 14.5. The van der Waals surface area contributed by atoms with Crippen LogP contribution >= 0.6 is 0 Å². The van der Waals surface area contributed by atoms with Crippen molar-refractivity contribution in [3.63, 3.8) is 0 Å². The SMILES string of the molecule is c1ccc(-n2c3ccccc3c3ccc4c5ccccc5n(-c5ccc(-c6ccc7c8c(ccc9cccnc98)c8nc9ccccc9n8c7c6)cc5)c4c32)cc1. The van der Waals surface area contributed by atoms with Gasteiger partial charge in [0.05, 0.1) is 44.1 Å². The van der Waals surface area contributed by atoms with Gasteiger partial charge < -0.3 is 9.13 Å². The van der Waals surface area contributed by atoms with E-state index in [0.717, 1.165) is 71.8 Å². The number of para-hydroxylation sites is 5. The van der Waals surface area contributed by atoms with Crippen LogP contribution in [0.2, 0.25) is 0 Å². The molecule has 0 aliphatic rings. The van der Waals surface area contributed by atoms with E-state index in [9.17, 15) is 0 Å². The van der Waals surface area contributed by atoms with Crippen molar-refractivity contribution in [2.24, 2.45) is 0 Å². The van der Waals surface area contributed by atoms with Gasteiger partial charge in [0, 0.05) is 60.7 Å². The topological polar surface area (TPSA) is 40.0 Å². The minimum absolute atomic E-state index is 0.948. The Labute approximate surface area is 325 Å². The molecule has 0 aliphatic carbocycles. The van der Waals surface area contributed by atoms with E-state index in [1.54, 1.807) is 0 Å². The van der Waals surface area contributed by atoms with Crippen LogP contribution in [0.15, 0.2) is 188 Å². The Balaban J connectivity index is 1.06. The monoisotopic (exact) mass is 725 g/mol. The molecule has 0 bridgehead atoms. The number of hydrogen-bond donors (Lipinski definition) is 0. The third-order valence-corrected chi connectivity index (χ3v) is 12.0. The second-order valence-corrected chi connectivity index (χ2v) is 15.0. The van der Waals surface area contributed by atoms with Crippen molar-refractivity contribution in [2.75, 3.05) is 0 Å². The molecule has 13 rings (SSSR count). The third-order valence-electron chi connectivity index (χ3n) is 12.0. The number of rotatable bonds is 3. The van der Waals surface area contributed by atoms with Gasteiger partial charge in [0.25, 0.3) is 0 Å². The third kappa shape index (κ3) is 4.17. The number of hydrogen-bond acceptors (Lipinski definition) is 2. The van der Waals surface area contributed by atoms with Crippen LogP contribution in [0.4, 0.5) is 0 Å². The standard InChI is InChI=1S/C52H31N5/c1-2-12-35(13-3-1)55-44-17-7-4-14-37(44)39-28-29-40-38-15-5-8-18-45(38)56(51(40)50(39)55)36-24-20-32(21-25-36)34-23-26-41-47(31-34)57-46-19-9-6-16-43(46)54-52(57)42-27-22-33-11-10-30-53-49(33)48(41)42/h1-31H. The van der Waals surface area contributed by atoms with E-state index < -0.39 is 0 Å². The van der Waals surface area contributed by atoms with Gasteiger partial charge in [0.1, 0.15) is 5.65 Å². The molecule has 0 fully saturated rings. The van der Waals surface area contributed by atoms with Gasteiger partial charge >= 0.3 is 0 Å². The number of pyridine rings is 2. The lowest BCUT2D eigenvalue weighted by molar-refractivity contribution is 1.15. The molecule has 264 valence electrons. The van der Waals surface area contributed by atoms with Crippen molar-refractivity contribution in [2.45, 2.75) is 0 Å². The molecule has 5 aromatic heterocycles. The molecular weight excluding hydrogens is 695 g/mol. The molecule has 5 heterocycles. The van der Waals surface area contributed by atoms with Crippen LogP contribution in [0.25, 0.3) is 115 Å². The summed E-state index contributed by atoms with van der Waals surface area (Å²) >= 11 is 0. The molecule has 0 saturated heterocycles. The summed E-state index contributed by atoms with van der Waals surface area (Å²) in [5.74, 6) is 0. The van der Waals surface area contributed by atoms with Crippen LogP contribution in [0.5, 0.6) is 0 Å². The first kappa shape index (κ1) is 30.6. The Morgan fingerprint density at radius 3 is 1.72 bits per heavy atom. The smallest absolute Gasteiger partial charge is 0.146 e. The second kappa shape index (κ2) is 11.4. The molecule has 0 N–H and O–H groups in total. The lowest BCUT2D eigenvalue weighted by Gasteiger charge is -2.14. The van der Waals surface area contributed by atoms with Gasteiger partial charge in [-0.2, -0.15) is 0 Å². The maximum absolute atomic E-state index is 5.18. The molecule has 0 spiro atoms. The average Bonchev–Trinajstić information content (AvgIpc) is 3.95. The Bertz CT molecular complexity index is 3790. The minimum atomic E-state index is 0.948. The Hall–Kier alpha value is -7.76. The van der Waals surface area contributed by atoms with Gasteiger partial charge in [0.15, 0.2) is 0 Å². The van der Waals surface area contributed by atoms with E-state index in [2.05, 4.69) is 189 Å². The van der Waals surface area contributed by atoms with Crippen molar-refractivity contribution in [3.8, 4) is 22.5 Å². The van der Waals surface area contributed by atoms with E-state index in [0.29, 0.717) is 0 Å². The highest BCUT2D eigenvalue weighted by molar-refractivity contribution is 6.25. The zero-order valence-corrected chi connectivity index (χ0v) is 30.6. The number of aromatic nitrogens is 5. The fraction of sp³-hybridized carbons (Fsp3) is 0. The quantitative estimate of drug-likeness (QED) is 0.170. The average molecular weight is 726 g/mol. The number of imidazole rings is 1. The molecule has 0 radical (unpaired) electrons. The normalized spacial score (nSPS) is 12.2. The molecule has 0 amide bonds. The summed E-state index contributed by atoms with van der Waals surface area (Å²) in [6.45, 7) is 0. The summed E-state index contributed by atoms with van der Waals surface area (Å²) in [6, 6.07) is 65.8. The van der Waals surface area contributed by atoms with Crippen molar-refractivity contribution in [3.05, 3.63) is 188 Å². The minimum Gasteiger partial charge on any atom is -0.307 e. The van der Waals surface area contributed by atoms with Gasteiger partial charge in [-0.05, 0) is 77.9 Å². The molecule has 57 heavy (non-hydrogen) atoms. The predicted molar refractivity (Wildman–Crippen MR) is 237 cm³/mol. The Morgan fingerprint density at radius 1 is 0.386 bits per heavy atom. The fourth-order valence-corrected chi connectivity index (χ4v) is 9.58. The zero-order chi connectivity index (χ0) is 37.2. The highest BCUT2D eigenvalue weighted by atomic mass is 15.0. The molecule has 0 aliphatic heterocycles. The van der Waals surface area contributed by atoms with Gasteiger partial charge in [-0.1, -0.05) is 115 Å². The first-order valence-electron chi connectivity index (χ1n) is 19.4. The molecule has 5 heteroatoms. The van der Waals surface area contributed by atoms with Crippen molar-refractivity contribution < 1.29 is 0 Å². The largest absolute Gasteiger partial charge is 0.307 e. The van der Waals surface area contributed by atoms with Gasteiger partial charge in [-0.25, -0.2) is 4.98 Å². The molecule has 8 aromatic carbocycles. The molecule has 13 aromatic rings. The summed E-state index contributed by atoms with van der Waals surface area (Å²) in [5, 5.41) is 9.50. The molecule has 0 saturated carbocycles. The Morgan fingerprint density at radius 2 is 0.982 bits per heavy atom. The molecular formula is C52H31N5. The van der Waals surface area contributed by atoms with Crippen LogP contribution in [0.3, 0.4) is 0 Å².